The second kappa shape index (κ2) is 6.47. The Morgan fingerprint density at radius 3 is 2.90 bits per heavy atom. The summed E-state index contributed by atoms with van der Waals surface area (Å²) in [5, 5.41) is 25.1. The highest BCUT2D eigenvalue weighted by Crippen LogP contribution is 2.21. The molecule has 8 nitrogen and oxygen atoms in total. The molecule has 1 aliphatic rings. The van der Waals surface area contributed by atoms with Crippen molar-refractivity contribution in [3.05, 3.63) is 11.9 Å². The highest BCUT2D eigenvalue weighted by molar-refractivity contribution is 5.92. The van der Waals surface area contributed by atoms with Gasteiger partial charge in [-0.2, -0.15) is 0 Å². The summed E-state index contributed by atoms with van der Waals surface area (Å²) in [7, 11) is 0. The summed E-state index contributed by atoms with van der Waals surface area (Å²) in [4.78, 5) is 24.6. The van der Waals surface area contributed by atoms with E-state index in [4.69, 9.17) is 10.2 Å². The lowest BCUT2D eigenvalue weighted by atomic mass is 9.99. The molecule has 1 saturated heterocycles. The lowest BCUT2D eigenvalue weighted by Crippen LogP contribution is -2.44. The highest BCUT2D eigenvalue weighted by Gasteiger charge is 2.28. The number of aromatic nitrogens is 3. The normalized spacial score (nSPS) is 19.1. The van der Waals surface area contributed by atoms with Crippen LogP contribution in [0.15, 0.2) is 6.20 Å². The first-order valence-corrected chi connectivity index (χ1v) is 6.65. The summed E-state index contributed by atoms with van der Waals surface area (Å²) in [6.07, 6.45) is 4.74. The summed E-state index contributed by atoms with van der Waals surface area (Å²) < 4.78 is 1.13. The van der Waals surface area contributed by atoms with Crippen molar-refractivity contribution >= 4 is 11.9 Å². The van der Waals surface area contributed by atoms with E-state index in [9.17, 15) is 9.59 Å². The van der Waals surface area contributed by atoms with Crippen LogP contribution in [0.2, 0.25) is 0 Å². The Labute approximate surface area is 116 Å². The number of carboxylic acid groups (broad SMARTS) is 1. The van der Waals surface area contributed by atoms with Crippen LogP contribution in [0.1, 0.15) is 36.2 Å². The van der Waals surface area contributed by atoms with Crippen LogP contribution in [0.4, 0.5) is 0 Å². The maximum absolute atomic E-state index is 12.4. The Balaban J connectivity index is 2.08. The lowest BCUT2D eigenvalue weighted by molar-refractivity contribution is -0.137. The molecule has 20 heavy (non-hydrogen) atoms. The fourth-order valence-corrected chi connectivity index (χ4v) is 2.48. The van der Waals surface area contributed by atoms with E-state index in [-0.39, 0.29) is 30.8 Å². The first kappa shape index (κ1) is 14.4. The molecule has 0 saturated carbocycles. The summed E-state index contributed by atoms with van der Waals surface area (Å²) in [6, 6.07) is 0.0193. The third-order valence-corrected chi connectivity index (χ3v) is 3.41. The monoisotopic (exact) mass is 282 g/mol. The minimum atomic E-state index is -1.04. The van der Waals surface area contributed by atoms with Crippen molar-refractivity contribution in [2.75, 3.05) is 13.2 Å². The fourth-order valence-electron chi connectivity index (χ4n) is 2.48. The van der Waals surface area contributed by atoms with Gasteiger partial charge in [0.25, 0.3) is 5.91 Å². The molecule has 0 aromatic carbocycles. The van der Waals surface area contributed by atoms with E-state index >= 15 is 0 Å². The van der Waals surface area contributed by atoms with Crippen molar-refractivity contribution in [1.29, 1.82) is 0 Å². The molecule has 2 heterocycles. The third kappa shape index (κ3) is 3.32. The first-order chi connectivity index (χ1) is 9.61. The fraction of sp³-hybridized carbons (Fsp3) is 0.667. The summed E-state index contributed by atoms with van der Waals surface area (Å²) in [5.74, 6) is -1.29. The Morgan fingerprint density at radius 2 is 2.20 bits per heavy atom. The molecule has 1 aliphatic heterocycles. The van der Waals surface area contributed by atoms with Crippen LogP contribution < -0.4 is 0 Å². The van der Waals surface area contributed by atoms with Crippen molar-refractivity contribution in [2.45, 2.75) is 38.3 Å². The number of hydrogen-bond donors (Lipinski definition) is 2. The van der Waals surface area contributed by atoms with Gasteiger partial charge in [-0.1, -0.05) is 5.21 Å². The Morgan fingerprint density at radius 1 is 1.40 bits per heavy atom. The molecule has 0 spiro atoms. The number of carboxylic acids is 1. The number of aliphatic hydroxyl groups excluding tert-OH is 1. The van der Waals surface area contributed by atoms with Gasteiger partial charge >= 0.3 is 5.97 Å². The molecule has 1 aromatic rings. The first-order valence-electron chi connectivity index (χ1n) is 6.65. The summed E-state index contributed by atoms with van der Waals surface area (Å²) >= 11 is 0. The summed E-state index contributed by atoms with van der Waals surface area (Å²) in [6.45, 7) is 0.357. The molecule has 2 rings (SSSR count). The predicted molar refractivity (Wildman–Crippen MR) is 68.0 cm³/mol. The van der Waals surface area contributed by atoms with Gasteiger partial charge in [0, 0.05) is 19.2 Å². The van der Waals surface area contributed by atoms with E-state index in [0.717, 1.165) is 23.9 Å². The second-order valence-electron chi connectivity index (χ2n) is 4.86. The number of carbonyl (C=O) groups is 2. The lowest BCUT2D eigenvalue weighted by Gasteiger charge is -2.35. The largest absolute Gasteiger partial charge is 0.480 e. The van der Waals surface area contributed by atoms with Crippen LogP contribution in [0.5, 0.6) is 0 Å². The van der Waals surface area contributed by atoms with Crippen molar-refractivity contribution in [3.8, 4) is 0 Å². The number of carbonyl (C=O) groups excluding carboxylic acids is 1. The van der Waals surface area contributed by atoms with E-state index in [1.54, 1.807) is 4.90 Å². The molecule has 0 bridgehead atoms. The molecular formula is C12H18N4O4. The standard InChI is InChI=1S/C12H18N4O4/c17-6-4-9-3-1-2-5-16(9)12(20)10-7-15(14-13-10)8-11(18)19/h7,9,17H,1-6,8H2,(H,18,19). The topological polar surface area (TPSA) is 109 Å². The molecule has 0 radical (unpaired) electrons. The van der Waals surface area contributed by atoms with Crippen LogP contribution in [0.3, 0.4) is 0 Å². The van der Waals surface area contributed by atoms with Gasteiger partial charge in [0.15, 0.2) is 5.69 Å². The molecule has 1 amide bonds. The van der Waals surface area contributed by atoms with Crippen LogP contribution in [-0.2, 0) is 11.3 Å². The van der Waals surface area contributed by atoms with Gasteiger partial charge in [0.1, 0.15) is 6.54 Å². The van der Waals surface area contributed by atoms with E-state index in [0.29, 0.717) is 13.0 Å². The van der Waals surface area contributed by atoms with E-state index in [1.165, 1.54) is 6.20 Å². The van der Waals surface area contributed by atoms with Gasteiger partial charge in [0.2, 0.25) is 0 Å². The van der Waals surface area contributed by atoms with Crippen LogP contribution in [0, 0.1) is 0 Å². The molecule has 1 atom stereocenters. The quantitative estimate of drug-likeness (QED) is 0.770. The van der Waals surface area contributed by atoms with Crippen LogP contribution in [0.25, 0.3) is 0 Å². The van der Waals surface area contributed by atoms with E-state index in [2.05, 4.69) is 10.3 Å². The molecule has 1 fully saturated rings. The van der Waals surface area contributed by atoms with E-state index in [1.807, 2.05) is 0 Å². The van der Waals surface area contributed by atoms with Gasteiger partial charge in [0.05, 0.1) is 6.20 Å². The van der Waals surface area contributed by atoms with Crippen molar-refractivity contribution in [1.82, 2.24) is 19.9 Å². The molecule has 2 N–H and O–H groups in total. The number of aliphatic carboxylic acids is 1. The maximum atomic E-state index is 12.4. The average Bonchev–Trinajstić information content (AvgIpc) is 2.86. The molecule has 1 unspecified atom stereocenters. The predicted octanol–water partition coefficient (Wildman–Crippen LogP) is -0.260. The van der Waals surface area contributed by atoms with Gasteiger partial charge in [-0.25, -0.2) is 4.68 Å². The second-order valence-corrected chi connectivity index (χ2v) is 4.86. The number of nitrogens with zero attached hydrogens (tertiary/aromatic N) is 4. The Bertz CT molecular complexity index is 486. The molecule has 0 aliphatic carbocycles. The number of rotatable bonds is 5. The van der Waals surface area contributed by atoms with Gasteiger partial charge in [-0.15, -0.1) is 5.10 Å². The third-order valence-electron chi connectivity index (χ3n) is 3.41. The number of amides is 1. The zero-order valence-corrected chi connectivity index (χ0v) is 11.1. The average molecular weight is 282 g/mol. The van der Waals surface area contributed by atoms with Gasteiger partial charge < -0.3 is 15.1 Å². The van der Waals surface area contributed by atoms with Crippen molar-refractivity contribution in [2.24, 2.45) is 0 Å². The minimum Gasteiger partial charge on any atom is -0.480 e. The van der Waals surface area contributed by atoms with Crippen LogP contribution >= 0.6 is 0 Å². The molecule has 8 heteroatoms. The number of aliphatic hydroxyl groups is 1. The van der Waals surface area contributed by atoms with Crippen molar-refractivity contribution in [3.63, 3.8) is 0 Å². The zero-order chi connectivity index (χ0) is 14.5. The Hall–Kier alpha value is -1.96. The number of hydrogen-bond acceptors (Lipinski definition) is 5. The van der Waals surface area contributed by atoms with Gasteiger partial charge in [-0.3, -0.25) is 9.59 Å². The smallest absolute Gasteiger partial charge is 0.325 e. The molecule has 110 valence electrons. The maximum Gasteiger partial charge on any atom is 0.325 e. The Kier molecular flexibility index (Phi) is 4.67. The van der Waals surface area contributed by atoms with E-state index < -0.39 is 5.97 Å². The number of likely N-dealkylation sites (tertiary alicyclic amines) is 1. The molecule has 1 aromatic heterocycles. The zero-order valence-electron chi connectivity index (χ0n) is 11.1. The minimum absolute atomic E-state index is 0.0193. The highest BCUT2D eigenvalue weighted by atomic mass is 16.4. The van der Waals surface area contributed by atoms with Crippen molar-refractivity contribution < 1.29 is 19.8 Å². The summed E-state index contributed by atoms with van der Waals surface area (Å²) in [5.41, 5.74) is 0.149. The number of piperidine rings is 1. The molecular weight excluding hydrogens is 264 g/mol. The van der Waals surface area contributed by atoms with Crippen LogP contribution in [-0.4, -0.2) is 61.2 Å². The van der Waals surface area contributed by atoms with Gasteiger partial charge in [-0.05, 0) is 25.7 Å². The SMILES string of the molecule is O=C(O)Cn1cc(C(=O)N2CCCCC2CCO)nn1.